The summed E-state index contributed by atoms with van der Waals surface area (Å²) in [5, 5.41) is 14.8. The number of halogens is 3. The minimum atomic E-state index is -4.81. The van der Waals surface area contributed by atoms with Crippen molar-refractivity contribution >= 4 is 17.4 Å². The van der Waals surface area contributed by atoms with Crippen LogP contribution in [0.25, 0.3) is 16.9 Å². The molecule has 0 aliphatic rings. The number of aryl methyl sites for hydroxylation is 1. The van der Waals surface area contributed by atoms with E-state index in [9.17, 15) is 18.0 Å². The molecule has 33 heavy (non-hydrogen) atoms. The second-order valence-corrected chi connectivity index (χ2v) is 6.75. The van der Waals surface area contributed by atoms with Crippen LogP contribution in [0.2, 0.25) is 0 Å². The van der Waals surface area contributed by atoms with E-state index < -0.39 is 12.3 Å². The fourth-order valence-corrected chi connectivity index (χ4v) is 3.10. The van der Waals surface area contributed by atoms with Crippen molar-refractivity contribution in [2.45, 2.75) is 20.2 Å². The number of ether oxygens (including phenoxy) is 2. The molecular formula is C21H17F3N6O3. The van der Waals surface area contributed by atoms with Crippen molar-refractivity contribution in [3.8, 4) is 22.9 Å². The summed E-state index contributed by atoms with van der Waals surface area (Å²) >= 11 is 0. The predicted octanol–water partition coefficient (Wildman–Crippen LogP) is 4.04. The number of carbonyl (C=O) groups excluding carboxylic acids is 1. The lowest BCUT2D eigenvalue weighted by Crippen LogP contribution is -2.18. The molecule has 3 heterocycles. The molecule has 0 spiro atoms. The van der Waals surface area contributed by atoms with Crippen LogP contribution in [-0.4, -0.2) is 43.7 Å². The Morgan fingerprint density at radius 1 is 1.12 bits per heavy atom. The summed E-state index contributed by atoms with van der Waals surface area (Å²) in [4.78, 5) is 17.2. The lowest BCUT2D eigenvalue weighted by Gasteiger charge is -2.10. The highest BCUT2D eigenvalue weighted by molar-refractivity contribution is 6.03. The van der Waals surface area contributed by atoms with E-state index in [1.165, 1.54) is 22.7 Å². The Morgan fingerprint density at radius 2 is 1.94 bits per heavy atom. The number of carbonyl (C=O) groups is 1. The van der Waals surface area contributed by atoms with Gasteiger partial charge >= 0.3 is 6.36 Å². The Morgan fingerprint density at radius 3 is 2.64 bits per heavy atom. The van der Waals surface area contributed by atoms with Crippen LogP contribution in [0, 0.1) is 6.92 Å². The van der Waals surface area contributed by atoms with Gasteiger partial charge in [-0.1, -0.05) is 12.1 Å². The molecule has 0 saturated heterocycles. The molecule has 1 amide bonds. The number of nitrogens with one attached hydrogen (secondary N) is 1. The molecule has 0 saturated carbocycles. The number of benzene rings is 1. The summed E-state index contributed by atoms with van der Waals surface area (Å²) in [5.41, 5.74) is 1.63. The van der Waals surface area contributed by atoms with Crippen LogP contribution in [0.15, 0.2) is 48.5 Å². The Labute approximate surface area is 185 Å². The van der Waals surface area contributed by atoms with Gasteiger partial charge in [0.1, 0.15) is 5.75 Å². The number of hydrogen-bond donors (Lipinski definition) is 1. The van der Waals surface area contributed by atoms with E-state index >= 15 is 0 Å². The van der Waals surface area contributed by atoms with Crippen LogP contribution in [0.5, 0.6) is 11.6 Å². The standard InChI is InChI=1S/C21H17F3N6O3/c1-3-32-18-10-8-16(27-28-18)26-20(31)19-12(2)25-17-9-7-15(29-30(17)19)13-5-4-6-14(11-13)33-21(22,23)24/h4-11H,3H2,1-2H3,(H,26,27,31). The van der Waals surface area contributed by atoms with Gasteiger partial charge in [-0.15, -0.1) is 23.4 Å². The lowest BCUT2D eigenvalue weighted by atomic mass is 10.1. The van der Waals surface area contributed by atoms with Crippen molar-refractivity contribution in [2.75, 3.05) is 11.9 Å². The molecule has 4 rings (SSSR count). The quantitative estimate of drug-likeness (QED) is 0.465. The third-order valence-corrected chi connectivity index (χ3v) is 4.40. The van der Waals surface area contributed by atoms with Gasteiger partial charge in [-0.25, -0.2) is 9.50 Å². The van der Waals surface area contributed by atoms with Gasteiger partial charge < -0.3 is 14.8 Å². The number of fused-ring (bicyclic) bond motifs is 1. The van der Waals surface area contributed by atoms with Crippen molar-refractivity contribution in [3.05, 3.63) is 59.9 Å². The highest BCUT2D eigenvalue weighted by Crippen LogP contribution is 2.27. The van der Waals surface area contributed by atoms with Crippen molar-refractivity contribution in [2.24, 2.45) is 0 Å². The molecule has 12 heteroatoms. The molecule has 0 unspecified atom stereocenters. The third-order valence-electron chi connectivity index (χ3n) is 4.40. The van der Waals surface area contributed by atoms with Gasteiger partial charge in [-0.05, 0) is 44.2 Å². The molecule has 170 valence electrons. The zero-order valence-electron chi connectivity index (χ0n) is 17.4. The number of amides is 1. The van der Waals surface area contributed by atoms with Crippen LogP contribution >= 0.6 is 0 Å². The first-order valence-corrected chi connectivity index (χ1v) is 9.74. The van der Waals surface area contributed by atoms with Crippen LogP contribution in [-0.2, 0) is 0 Å². The van der Waals surface area contributed by atoms with Crippen molar-refractivity contribution in [1.82, 2.24) is 24.8 Å². The largest absolute Gasteiger partial charge is 0.573 e. The minimum Gasteiger partial charge on any atom is -0.477 e. The second-order valence-electron chi connectivity index (χ2n) is 6.75. The first kappa shape index (κ1) is 22.0. The average molecular weight is 458 g/mol. The van der Waals surface area contributed by atoms with Crippen molar-refractivity contribution in [3.63, 3.8) is 0 Å². The Kier molecular flexibility index (Phi) is 5.82. The van der Waals surface area contributed by atoms with E-state index in [2.05, 4.69) is 30.3 Å². The number of aromatic nitrogens is 5. The maximum absolute atomic E-state index is 12.9. The molecular weight excluding hydrogens is 441 g/mol. The van der Waals surface area contributed by atoms with Crippen LogP contribution in [0.1, 0.15) is 23.1 Å². The fourth-order valence-electron chi connectivity index (χ4n) is 3.10. The predicted molar refractivity (Wildman–Crippen MR) is 111 cm³/mol. The number of rotatable bonds is 6. The molecule has 3 aromatic heterocycles. The number of hydrogen-bond acceptors (Lipinski definition) is 7. The molecule has 0 aliphatic heterocycles. The topological polar surface area (TPSA) is 104 Å². The Balaban J connectivity index is 1.65. The number of anilines is 1. The average Bonchev–Trinajstić information content (AvgIpc) is 3.09. The third kappa shape index (κ3) is 5.00. The van der Waals surface area contributed by atoms with Gasteiger partial charge in [0.2, 0.25) is 5.88 Å². The van der Waals surface area contributed by atoms with Gasteiger partial charge in [0.05, 0.1) is 18.0 Å². The second kappa shape index (κ2) is 8.73. The lowest BCUT2D eigenvalue weighted by molar-refractivity contribution is -0.274. The summed E-state index contributed by atoms with van der Waals surface area (Å²) in [5.74, 6) is -0.386. The zero-order valence-corrected chi connectivity index (χ0v) is 17.4. The van der Waals surface area contributed by atoms with Crippen molar-refractivity contribution in [1.29, 1.82) is 0 Å². The van der Waals surface area contributed by atoms with Crippen LogP contribution in [0.4, 0.5) is 19.0 Å². The molecule has 0 atom stereocenters. The minimum absolute atomic E-state index is 0.144. The zero-order chi connectivity index (χ0) is 23.6. The molecule has 0 fully saturated rings. The van der Waals surface area contributed by atoms with Crippen LogP contribution < -0.4 is 14.8 Å². The van der Waals surface area contributed by atoms with Gasteiger partial charge in [-0.3, -0.25) is 4.79 Å². The molecule has 4 aromatic rings. The van der Waals surface area contributed by atoms with Gasteiger partial charge in [0.15, 0.2) is 17.2 Å². The molecule has 1 aromatic carbocycles. The highest BCUT2D eigenvalue weighted by atomic mass is 19.4. The van der Waals surface area contributed by atoms with E-state index in [0.717, 1.165) is 0 Å². The SMILES string of the molecule is CCOc1ccc(NC(=O)c2c(C)nc3ccc(-c4cccc(OC(F)(F)F)c4)nn23)nn1. The van der Waals surface area contributed by atoms with Gasteiger partial charge in [0.25, 0.3) is 5.91 Å². The van der Waals surface area contributed by atoms with E-state index in [1.807, 2.05) is 6.92 Å². The summed E-state index contributed by atoms with van der Waals surface area (Å²) in [6.07, 6.45) is -4.81. The molecule has 1 N–H and O–H groups in total. The smallest absolute Gasteiger partial charge is 0.477 e. The maximum Gasteiger partial charge on any atom is 0.573 e. The van der Waals surface area contributed by atoms with Crippen LogP contribution in [0.3, 0.4) is 0 Å². The Bertz CT molecular complexity index is 1310. The number of alkyl halides is 3. The fraction of sp³-hybridized carbons (Fsp3) is 0.190. The van der Waals surface area contributed by atoms with Gasteiger partial charge in [0, 0.05) is 11.6 Å². The van der Waals surface area contributed by atoms with E-state index in [4.69, 9.17) is 4.74 Å². The van der Waals surface area contributed by atoms with Gasteiger partial charge in [-0.2, -0.15) is 5.10 Å². The maximum atomic E-state index is 12.9. The monoisotopic (exact) mass is 458 g/mol. The molecule has 0 radical (unpaired) electrons. The van der Waals surface area contributed by atoms with E-state index in [-0.39, 0.29) is 17.3 Å². The molecule has 0 aliphatic carbocycles. The number of imidazole rings is 1. The first-order valence-electron chi connectivity index (χ1n) is 9.74. The van der Waals surface area contributed by atoms with E-state index in [0.29, 0.717) is 35.1 Å². The molecule has 9 nitrogen and oxygen atoms in total. The first-order chi connectivity index (χ1) is 15.7. The summed E-state index contributed by atoms with van der Waals surface area (Å²) in [6.45, 7) is 3.89. The normalized spacial score (nSPS) is 11.4. The molecule has 0 bridgehead atoms. The Hall–Kier alpha value is -4.22. The summed E-state index contributed by atoms with van der Waals surface area (Å²) in [6, 6.07) is 11.7. The summed E-state index contributed by atoms with van der Waals surface area (Å²) < 4.78 is 48.2. The highest BCUT2D eigenvalue weighted by Gasteiger charge is 2.31. The summed E-state index contributed by atoms with van der Waals surface area (Å²) in [7, 11) is 0. The number of nitrogens with zero attached hydrogens (tertiary/aromatic N) is 5. The van der Waals surface area contributed by atoms with Crippen molar-refractivity contribution < 1.29 is 27.4 Å². The van der Waals surface area contributed by atoms with E-state index in [1.54, 1.807) is 37.3 Å².